The molecule has 3 fully saturated rings. The van der Waals surface area contributed by atoms with Crippen molar-refractivity contribution in [1.29, 1.82) is 0 Å². The Morgan fingerprint density at radius 2 is 1.84 bits per heavy atom. The SMILES string of the molecule is O=C1C2=CC[C@H]3C(=O)N(Cc4ccccc4)C(=O)[C@H]3[C@H]2[C@H](O)[C@@H]2O[C@H]12. The van der Waals surface area contributed by atoms with Crippen LogP contribution in [0, 0.1) is 17.8 Å². The summed E-state index contributed by atoms with van der Waals surface area (Å²) >= 11 is 0. The normalized spacial score (nSPS) is 38.8. The smallest absolute Gasteiger partial charge is 0.234 e. The van der Waals surface area contributed by atoms with Gasteiger partial charge in [-0.3, -0.25) is 19.3 Å². The molecule has 0 aromatic heterocycles. The van der Waals surface area contributed by atoms with E-state index in [4.69, 9.17) is 4.74 Å². The molecule has 1 saturated carbocycles. The molecule has 0 radical (unpaired) electrons. The Morgan fingerprint density at radius 1 is 1.08 bits per heavy atom. The number of fused-ring (bicyclic) bond motifs is 4. The van der Waals surface area contributed by atoms with Crippen LogP contribution in [0.25, 0.3) is 0 Å². The third-order valence-corrected chi connectivity index (χ3v) is 5.86. The molecule has 6 atom stereocenters. The van der Waals surface area contributed by atoms with E-state index in [1.807, 2.05) is 30.3 Å². The molecular formula is C19H17NO5. The van der Waals surface area contributed by atoms with Gasteiger partial charge in [-0.05, 0) is 12.0 Å². The van der Waals surface area contributed by atoms with Crippen LogP contribution >= 0.6 is 0 Å². The number of ether oxygens (including phenoxy) is 1. The minimum atomic E-state index is -0.907. The zero-order valence-electron chi connectivity index (χ0n) is 13.4. The van der Waals surface area contributed by atoms with Crippen molar-refractivity contribution in [1.82, 2.24) is 4.90 Å². The third-order valence-electron chi connectivity index (χ3n) is 5.86. The zero-order valence-corrected chi connectivity index (χ0v) is 13.4. The molecular weight excluding hydrogens is 322 g/mol. The Kier molecular flexibility index (Phi) is 3.05. The quantitative estimate of drug-likeness (QED) is 0.624. The van der Waals surface area contributed by atoms with Gasteiger partial charge < -0.3 is 9.84 Å². The molecule has 25 heavy (non-hydrogen) atoms. The Morgan fingerprint density at radius 3 is 2.60 bits per heavy atom. The van der Waals surface area contributed by atoms with Crippen LogP contribution < -0.4 is 0 Å². The number of amides is 2. The van der Waals surface area contributed by atoms with E-state index in [1.165, 1.54) is 4.90 Å². The van der Waals surface area contributed by atoms with Gasteiger partial charge in [-0.2, -0.15) is 0 Å². The summed E-state index contributed by atoms with van der Waals surface area (Å²) in [4.78, 5) is 39.4. The van der Waals surface area contributed by atoms with Crippen molar-refractivity contribution in [3.8, 4) is 0 Å². The number of benzene rings is 1. The summed E-state index contributed by atoms with van der Waals surface area (Å²) < 4.78 is 5.28. The fourth-order valence-electron chi connectivity index (χ4n) is 4.60. The average molecular weight is 339 g/mol. The van der Waals surface area contributed by atoms with Crippen molar-refractivity contribution in [3.05, 3.63) is 47.5 Å². The largest absolute Gasteiger partial charge is 0.390 e. The summed E-state index contributed by atoms with van der Waals surface area (Å²) in [5.41, 5.74) is 1.34. The number of likely N-dealkylation sites (tertiary alicyclic amines) is 1. The van der Waals surface area contributed by atoms with Crippen molar-refractivity contribution in [2.45, 2.75) is 31.3 Å². The molecule has 2 aliphatic carbocycles. The monoisotopic (exact) mass is 339 g/mol. The maximum atomic E-state index is 13.0. The van der Waals surface area contributed by atoms with Gasteiger partial charge in [0.15, 0.2) is 5.78 Å². The first-order valence-electron chi connectivity index (χ1n) is 8.55. The number of hydrogen-bond donors (Lipinski definition) is 1. The minimum Gasteiger partial charge on any atom is -0.390 e. The summed E-state index contributed by atoms with van der Waals surface area (Å²) in [5, 5.41) is 10.6. The van der Waals surface area contributed by atoms with Gasteiger partial charge in [0.1, 0.15) is 12.2 Å². The molecule has 6 heteroatoms. The van der Waals surface area contributed by atoms with Crippen molar-refractivity contribution >= 4 is 17.6 Å². The molecule has 6 nitrogen and oxygen atoms in total. The molecule has 2 saturated heterocycles. The first kappa shape index (κ1) is 15.0. The van der Waals surface area contributed by atoms with E-state index in [2.05, 4.69) is 0 Å². The molecule has 4 aliphatic rings. The van der Waals surface area contributed by atoms with Gasteiger partial charge in [0.05, 0.1) is 24.5 Å². The van der Waals surface area contributed by atoms with Gasteiger partial charge in [-0.15, -0.1) is 0 Å². The lowest BCUT2D eigenvalue weighted by Gasteiger charge is -2.35. The predicted octanol–water partition coefficient (Wildman–Crippen LogP) is 0.445. The second-order valence-electron chi connectivity index (χ2n) is 7.18. The predicted molar refractivity (Wildman–Crippen MR) is 84.8 cm³/mol. The van der Waals surface area contributed by atoms with Gasteiger partial charge in [-0.1, -0.05) is 36.4 Å². The van der Waals surface area contributed by atoms with Gasteiger partial charge >= 0.3 is 0 Å². The standard InChI is InChI=1S/C19H17NO5/c21-14-10-6-7-11-13(12(10)15(22)17-16(14)25-17)19(24)20(18(11)23)8-9-4-2-1-3-5-9/h1-6,11-13,15-17,22H,7-8H2/t11-,12+,13-,15+,16-,17+/m1/s1. The lowest BCUT2D eigenvalue weighted by atomic mass is 9.66. The number of aliphatic hydroxyl groups is 1. The van der Waals surface area contributed by atoms with Crippen LogP contribution in [0.2, 0.25) is 0 Å². The van der Waals surface area contributed by atoms with Crippen LogP contribution in [0.1, 0.15) is 12.0 Å². The number of imide groups is 1. The molecule has 2 amide bonds. The van der Waals surface area contributed by atoms with E-state index in [1.54, 1.807) is 6.08 Å². The fraction of sp³-hybridized carbons (Fsp3) is 0.421. The highest BCUT2D eigenvalue weighted by molar-refractivity contribution is 6.09. The van der Waals surface area contributed by atoms with E-state index in [0.717, 1.165) is 5.56 Å². The van der Waals surface area contributed by atoms with Gasteiger partial charge in [0.2, 0.25) is 11.8 Å². The number of epoxide rings is 1. The summed E-state index contributed by atoms with van der Waals surface area (Å²) in [5.74, 6) is -2.44. The highest BCUT2D eigenvalue weighted by atomic mass is 16.6. The van der Waals surface area contributed by atoms with Crippen LogP contribution in [-0.2, 0) is 25.7 Å². The zero-order chi connectivity index (χ0) is 17.3. The Labute approximate surface area is 144 Å². The number of carbonyl (C=O) groups excluding carboxylic acids is 3. The maximum Gasteiger partial charge on any atom is 0.234 e. The molecule has 2 heterocycles. The van der Waals surface area contributed by atoms with Crippen LogP contribution in [0.15, 0.2) is 42.0 Å². The number of carbonyl (C=O) groups is 3. The van der Waals surface area contributed by atoms with E-state index in [0.29, 0.717) is 12.0 Å². The minimum absolute atomic E-state index is 0.138. The summed E-state index contributed by atoms with van der Waals surface area (Å²) in [7, 11) is 0. The van der Waals surface area contributed by atoms with Crippen molar-refractivity contribution < 1.29 is 24.2 Å². The van der Waals surface area contributed by atoms with Gasteiger partial charge in [0.25, 0.3) is 0 Å². The lowest BCUT2D eigenvalue weighted by molar-refractivity contribution is -0.141. The number of rotatable bonds is 2. The molecule has 0 spiro atoms. The molecule has 0 unspecified atom stereocenters. The van der Waals surface area contributed by atoms with Gasteiger partial charge in [0, 0.05) is 11.5 Å². The number of hydrogen-bond acceptors (Lipinski definition) is 5. The molecule has 5 rings (SSSR count). The van der Waals surface area contributed by atoms with Crippen molar-refractivity contribution in [3.63, 3.8) is 0 Å². The maximum absolute atomic E-state index is 13.0. The second kappa shape index (κ2) is 5.09. The number of nitrogens with zero attached hydrogens (tertiary/aromatic N) is 1. The molecule has 1 aromatic rings. The Balaban J connectivity index is 1.48. The molecule has 128 valence electrons. The Bertz CT molecular complexity index is 816. The summed E-state index contributed by atoms with van der Waals surface area (Å²) in [6, 6.07) is 9.34. The summed E-state index contributed by atoms with van der Waals surface area (Å²) in [6.45, 7) is 0.222. The number of allylic oxidation sites excluding steroid dienone is 1. The van der Waals surface area contributed by atoms with E-state index in [-0.39, 0.29) is 24.1 Å². The second-order valence-corrected chi connectivity index (χ2v) is 7.18. The van der Waals surface area contributed by atoms with E-state index in [9.17, 15) is 19.5 Å². The van der Waals surface area contributed by atoms with E-state index >= 15 is 0 Å². The first-order valence-corrected chi connectivity index (χ1v) is 8.55. The Hall–Kier alpha value is -2.31. The van der Waals surface area contributed by atoms with Crippen molar-refractivity contribution in [2.75, 3.05) is 0 Å². The fourth-order valence-corrected chi connectivity index (χ4v) is 4.60. The number of ketones is 1. The molecule has 1 aromatic carbocycles. The number of aliphatic hydroxyl groups excluding tert-OH is 1. The first-order chi connectivity index (χ1) is 12.1. The van der Waals surface area contributed by atoms with Crippen LogP contribution in [0.5, 0.6) is 0 Å². The topological polar surface area (TPSA) is 87.2 Å². The van der Waals surface area contributed by atoms with Crippen LogP contribution in [-0.4, -0.2) is 45.9 Å². The summed E-state index contributed by atoms with van der Waals surface area (Å²) in [6.07, 6.45) is 0.0886. The van der Waals surface area contributed by atoms with Crippen molar-refractivity contribution in [2.24, 2.45) is 17.8 Å². The van der Waals surface area contributed by atoms with E-state index < -0.39 is 36.1 Å². The average Bonchev–Trinajstić information content (AvgIpc) is 3.40. The number of Topliss-reactive ketones (excluding diaryl/α,β-unsaturated/α-hetero) is 1. The van der Waals surface area contributed by atoms with Crippen LogP contribution in [0.3, 0.4) is 0 Å². The molecule has 0 bridgehead atoms. The lowest BCUT2D eigenvalue weighted by Crippen LogP contribution is -2.47. The van der Waals surface area contributed by atoms with Crippen LogP contribution in [0.4, 0.5) is 0 Å². The third kappa shape index (κ3) is 2.01. The highest BCUT2D eigenvalue weighted by Crippen LogP contribution is 2.51. The highest BCUT2D eigenvalue weighted by Gasteiger charge is 2.65. The van der Waals surface area contributed by atoms with Gasteiger partial charge in [-0.25, -0.2) is 0 Å². The molecule has 2 aliphatic heterocycles. The molecule has 1 N–H and O–H groups in total.